The maximum absolute atomic E-state index is 6.38. The summed E-state index contributed by atoms with van der Waals surface area (Å²) in [5.74, 6) is 0. The zero-order valence-electron chi connectivity index (χ0n) is 27.3. The summed E-state index contributed by atoms with van der Waals surface area (Å²) in [4.78, 5) is 4.71. The number of pyridine rings is 1. The number of aromatic nitrogens is 2. The quantitative estimate of drug-likeness (QED) is 0.274. The van der Waals surface area contributed by atoms with Gasteiger partial charge in [-0.15, -0.1) is 5.11 Å². The van der Waals surface area contributed by atoms with E-state index in [9.17, 15) is 0 Å². The molecular formula is C32H31B11N2. The molecule has 0 fully saturated rings. The predicted octanol–water partition coefficient (Wildman–Crippen LogP) is 4.01. The molecule has 45 heavy (non-hydrogen) atoms. The summed E-state index contributed by atoms with van der Waals surface area (Å²) < 4.78 is 2.33. The fourth-order valence-corrected chi connectivity index (χ4v) is 6.40. The summed E-state index contributed by atoms with van der Waals surface area (Å²) in [6.07, 6.45) is 0.708. The molecule has 202 valence electrons. The zero-order chi connectivity index (χ0) is 33.1. The highest BCUT2D eigenvalue weighted by Gasteiger charge is 2.45. The second kappa shape index (κ2) is 12.2. The van der Waals surface area contributed by atoms with E-state index in [2.05, 4.69) is 107 Å². The van der Waals surface area contributed by atoms with Gasteiger partial charge in [0.15, 0.2) is 0 Å². The van der Waals surface area contributed by atoms with Crippen molar-refractivity contribution < 1.29 is 0 Å². The van der Waals surface area contributed by atoms with Crippen LogP contribution in [-0.2, 0) is 15.9 Å². The second-order valence-electron chi connectivity index (χ2n) is 14.4. The highest BCUT2D eigenvalue weighted by Crippen LogP contribution is 2.38. The molecule has 0 amide bonds. The van der Waals surface area contributed by atoms with Crippen LogP contribution >= 0.6 is 0 Å². The number of hydrogen-bond donors (Lipinski definition) is 0. The number of benzene rings is 3. The van der Waals surface area contributed by atoms with Crippen molar-refractivity contribution in [3.8, 4) is 16.9 Å². The lowest BCUT2D eigenvalue weighted by Gasteiger charge is -2.48. The van der Waals surface area contributed by atoms with Crippen molar-refractivity contribution in [2.45, 2.75) is 57.5 Å². The largest absolute Gasteiger partial charge is 0.309 e. The number of fused-ring (bicyclic) bond motifs is 3. The summed E-state index contributed by atoms with van der Waals surface area (Å²) in [5.41, 5.74) is 8.38. The molecule has 14 radical (unpaired) electrons. The van der Waals surface area contributed by atoms with Gasteiger partial charge in [0.25, 0.3) is 0 Å². The molecule has 5 rings (SSSR count). The molecule has 13 heteroatoms. The van der Waals surface area contributed by atoms with E-state index in [1.165, 1.54) is 32.9 Å². The third-order valence-corrected chi connectivity index (χ3v) is 9.25. The minimum atomic E-state index is -1.28. The molecule has 0 bridgehead atoms. The molecule has 2 heterocycles. The molecule has 0 saturated carbocycles. The van der Waals surface area contributed by atoms with Crippen molar-refractivity contribution >= 4 is 102 Å². The van der Waals surface area contributed by atoms with Gasteiger partial charge in [0.1, 0.15) is 0 Å². The first-order valence-electron chi connectivity index (χ1n) is 15.4. The third-order valence-electron chi connectivity index (χ3n) is 9.25. The van der Waals surface area contributed by atoms with Crippen LogP contribution in [0, 0.1) is 0 Å². The van der Waals surface area contributed by atoms with Crippen molar-refractivity contribution in [2.24, 2.45) is 0 Å². The molecule has 0 aliphatic rings. The Labute approximate surface area is 280 Å². The Hall–Kier alpha value is -2.68. The zero-order valence-corrected chi connectivity index (χ0v) is 27.3. The molecule has 2 nitrogen and oxygen atoms in total. The molecule has 3 aromatic carbocycles. The highest BCUT2D eigenvalue weighted by molar-refractivity contribution is 7.71. The summed E-state index contributed by atoms with van der Waals surface area (Å²) >= 11 is 0. The lowest BCUT2D eigenvalue weighted by Crippen LogP contribution is -2.71. The fraction of sp³-hybridized carbons (Fsp3) is 0.281. The minimum Gasteiger partial charge on any atom is -0.309 e. The third kappa shape index (κ3) is 5.99. The van der Waals surface area contributed by atoms with E-state index in [0.29, 0.717) is 5.56 Å². The van der Waals surface area contributed by atoms with Crippen LogP contribution in [0.25, 0.3) is 38.8 Å². The maximum Gasteiger partial charge on any atom is 0.0702 e. The predicted molar refractivity (Wildman–Crippen MR) is 206 cm³/mol. The Morgan fingerprint density at radius 2 is 1.04 bits per heavy atom. The van der Waals surface area contributed by atoms with Gasteiger partial charge in [-0.25, -0.2) is 0 Å². The van der Waals surface area contributed by atoms with Gasteiger partial charge in [-0.1, -0.05) is 71.9 Å². The van der Waals surface area contributed by atoms with E-state index >= 15 is 0 Å². The van der Waals surface area contributed by atoms with Crippen LogP contribution in [0.3, 0.4) is 0 Å². The first-order chi connectivity index (χ1) is 21.0. The van der Waals surface area contributed by atoms with Crippen molar-refractivity contribution in [2.75, 3.05) is 0 Å². The lowest BCUT2D eigenvalue weighted by molar-refractivity contribution is 0.590. The van der Waals surface area contributed by atoms with Crippen molar-refractivity contribution in [3.05, 3.63) is 95.7 Å². The van der Waals surface area contributed by atoms with Crippen molar-refractivity contribution in [3.63, 3.8) is 0 Å². The Morgan fingerprint density at radius 1 is 0.578 bits per heavy atom. The van der Waals surface area contributed by atoms with Crippen LogP contribution in [0.15, 0.2) is 79.0 Å². The van der Waals surface area contributed by atoms with Gasteiger partial charge in [0.2, 0.25) is 0 Å². The summed E-state index contributed by atoms with van der Waals surface area (Å²) in [6, 6.07) is 25.8. The summed E-state index contributed by atoms with van der Waals surface area (Å²) in [7, 11) is 43.0. The van der Waals surface area contributed by atoms with Crippen LogP contribution in [0.2, 0.25) is 0 Å². The van der Waals surface area contributed by atoms with Gasteiger partial charge >= 0.3 is 0 Å². The molecule has 0 unspecified atom stereocenters. The number of nitrogens with zero attached hydrogens (tertiary/aromatic N) is 2. The van der Waals surface area contributed by atoms with Gasteiger partial charge in [-0.3, -0.25) is 4.98 Å². The molecule has 5 aromatic rings. The van der Waals surface area contributed by atoms with Crippen LogP contribution in [-0.4, -0.2) is 89.6 Å². The molecular weight excluding hydrogens is 531 g/mol. The smallest absolute Gasteiger partial charge is 0.0702 e. The van der Waals surface area contributed by atoms with Crippen molar-refractivity contribution in [1.29, 1.82) is 0 Å². The first-order valence-corrected chi connectivity index (χ1v) is 15.4. The Kier molecular flexibility index (Phi) is 9.10. The van der Waals surface area contributed by atoms with E-state index in [0.717, 1.165) is 16.9 Å². The molecule has 0 spiro atoms. The standard InChI is InChI=1S/C32H31B11N2/c1-30(2,3)21-10-15-28-25(17-21)26-18-22(31(4,5)6)11-16-29(26)45(28)24-12-7-20(8-13-24)27-14-9-23(19-44-27)32(40(33)34,41(35)36)42(37)43(38)39/h7-19H,1-6H3. The SMILES string of the molecule is [B]B([B])B([B])C(B([B])[B])(B([B])[B])c1ccc(-c2ccc(-n3c4ccc(C(C)(C)C)cc4c4cc(C(C)(C)C)ccc43)cc2)nc1. The molecule has 0 aliphatic heterocycles. The number of hydrogen-bond acceptors (Lipinski definition) is 1. The lowest BCUT2D eigenvalue weighted by atomic mass is 8.70. The van der Waals surface area contributed by atoms with Gasteiger partial charge in [-0.2, -0.15) is 0 Å². The van der Waals surface area contributed by atoms with Crippen molar-refractivity contribution in [1.82, 2.24) is 9.55 Å². The second-order valence-corrected chi connectivity index (χ2v) is 14.4. The molecule has 0 saturated heterocycles. The van der Waals surface area contributed by atoms with Gasteiger partial charge < -0.3 is 4.57 Å². The summed E-state index contributed by atoms with van der Waals surface area (Å²) in [5, 5.41) is 1.22. The topological polar surface area (TPSA) is 17.8 Å². The average molecular weight is 563 g/mol. The van der Waals surface area contributed by atoms with Gasteiger partial charge in [-0.05, 0) is 70.0 Å². The Morgan fingerprint density at radius 3 is 1.42 bits per heavy atom. The van der Waals surface area contributed by atoms with E-state index in [1.54, 1.807) is 6.20 Å². The highest BCUT2D eigenvalue weighted by atomic mass is 15.0. The Bertz CT molecular complexity index is 1740. The van der Waals surface area contributed by atoms with E-state index in [-0.39, 0.29) is 10.8 Å². The normalized spacial score (nSPS) is 12.4. The van der Waals surface area contributed by atoms with E-state index in [4.69, 9.17) is 59.1 Å². The fourth-order valence-electron chi connectivity index (χ4n) is 6.40. The van der Waals surface area contributed by atoms with Crippen LogP contribution in [0.5, 0.6) is 0 Å². The van der Waals surface area contributed by atoms with E-state index < -0.39 is 31.0 Å². The molecule has 0 aliphatic carbocycles. The van der Waals surface area contributed by atoms with Crippen LogP contribution in [0.1, 0.15) is 58.2 Å². The van der Waals surface area contributed by atoms with E-state index in [1.807, 2.05) is 12.1 Å². The number of rotatable bonds is 7. The minimum absolute atomic E-state index is 0.0416. The molecule has 0 atom stereocenters. The molecule has 0 N–H and O–H groups in total. The average Bonchev–Trinajstić information content (AvgIpc) is 3.30. The maximum atomic E-state index is 6.38. The van der Waals surface area contributed by atoms with Crippen LogP contribution in [0.4, 0.5) is 0 Å². The Balaban J connectivity index is 1.59. The first kappa shape index (κ1) is 33.7. The monoisotopic (exact) mass is 564 g/mol. The van der Waals surface area contributed by atoms with Gasteiger partial charge in [0.05, 0.1) is 16.7 Å². The van der Waals surface area contributed by atoms with Crippen LogP contribution < -0.4 is 0 Å². The molecule has 2 aromatic heterocycles. The van der Waals surface area contributed by atoms with Gasteiger partial charge in [0, 0.05) is 108 Å². The summed E-state index contributed by atoms with van der Waals surface area (Å²) in [6.45, 7) is 10.6.